The van der Waals surface area contributed by atoms with Gasteiger partial charge in [0.05, 0.1) is 11.9 Å². The zero-order chi connectivity index (χ0) is 13.2. The first-order valence-corrected chi connectivity index (χ1v) is 6.16. The molecular formula is C16H19NO. The van der Waals surface area contributed by atoms with Crippen LogP contribution >= 0.6 is 0 Å². The molecule has 2 aromatic rings. The maximum absolute atomic E-state index is 5.43. The van der Waals surface area contributed by atoms with E-state index in [4.69, 9.17) is 4.42 Å². The molecule has 94 valence electrons. The van der Waals surface area contributed by atoms with Gasteiger partial charge in [0, 0.05) is 0 Å². The van der Waals surface area contributed by atoms with Crippen LogP contribution in [0.5, 0.6) is 0 Å². The van der Waals surface area contributed by atoms with Crippen LogP contribution in [-0.2, 0) is 5.41 Å². The fraction of sp³-hybridized carbons (Fsp3) is 0.312. The van der Waals surface area contributed by atoms with E-state index in [0.717, 1.165) is 17.2 Å². The summed E-state index contributed by atoms with van der Waals surface area (Å²) in [4.78, 5) is 4.39. The van der Waals surface area contributed by atoms with Crippen LogP contribution in [0.3, 0.4) is 0 Å². The summed E-state index contributed by atoms with van der Waals surface area (Å²) in [5, 5.41) is 0. The van der Waals surface area contributed by atoms with Crippen LogP contribution in [0.2, 0.25) is 0 Å². The van der Waals surface area contributed by atoms with Gasteiger partial charge in [0.25, 0.3) is 0 Å². The molecule has 0 radical (unpaired) electrons. The van der Waals surface area contributed by atoms with Gasteiger partial charge in [-0.1, -0.05) is 32.9 Å². The minimum Gasteiger partial charge on any atom is -0.460 e. The summed E-state index contributed by atoms with van der Waals surface area (Å²) >= 11 is 0. The summed E-state index contributed by atoms with van der Waals surface area (Å²) in [7, 11) is 0. The van der Waals surface area contributed by atoms with Crippen LogP contribution in [-0.4, -0.2) is 6.21 Å². The lowest BCUT2D eigenvalue weighted by Crippen LogP contribution is -2.10. The Kier molecular flexibility index (Phi) is 3.37. The number of hydrogen-bond acceptors (Lipinski definition) is 2. The van der Waals surface area contributed by atoms with Crippen molar-refractivity contribution in [2.75, 3.05) is 0 Å². The molecule has 0 spiro atoms. The van der Waals surface area contributed by atoms with E-state index >= 15 is 0 Å². The van der Waals surface area contributed by atoms with E-state index in [0.29, 0.717) is 0 Å². The highest BCUT2D eigenvalue weighted by atomic mass is 16.3. The van der Waals surface area contributed by atoms with Gasteiger partial charge in [-0.3, -0.25) is 4.99 Å². The third-order valence-electron chi connectivity index (χ3n) is 2.84. The average Bonchev–Trinajstić information content (AvgIpc) is 2.72. The third kappa shape index (κ3) is 3.10. The minimum atomic E-state index is 0.181. The van der Waals surface area contributed by atoms with E-state index in [1.54, 1.807) is 6.21 Å². The third-order valence-corrected chi connectivity index (χ3v) is 2.84. The summed E-state index contributed by atoms with van der Waals surface area (Å²) in [6.45, 7) is 8.54. The van der Waals surface area contributed by atoms with Crippen molar-refractivity contribution in [3.05, 3.63) is 53.5 Å². The Hall–Kier alpha value is -1.83. The number of nitrogens with zero attached hydrogens (tertiary/aromatic N) is 1. The molecule has 0 aliphatic carbocycles. The van der Waals surface area contributed by atoms with Crippen molar-refractivity contribution in [3.8, 4) is 0 Å². The molecule has 0 saturated carbocycles. The van der Waals surface area contributed by atoms with Crippen molar-refractivity contribution in [1.29, 1.82) is 0 Å². The average molecular weight is 241 g/mol. The van der Waals surface area contributed by atoms with E-state index in [2.05, 4.69) is 37.9 Å². The largest absolute Gasteiger partial charge is 0.460 e. The molecule has 2 heteroatoms. The summed E-state index contributed by atoms with van der Waals surface area (Å²) in [6.07, 6.45) is 1.75. The summed E-state index contributed by atoms with van der Waals surface area (Å²) < 4.78 is 5.43. The van der Waals surface area contributed by atoms with Crippen LogP contribution < -0.4 is 0 Å². The normalized spacial score (nSPS) is 12.2. The smallest absolute Gasteiger partial charge is 0.145 e. The van der Waals surface area contributed by atoms with Crippen LogP contribution in [0.1, 0.15) is 37.9 Å². The molecule has 0 fully saturated rings. The molecule has 0 unspecified atom stereocenters. The maximum Gasteiger partial charge on any atom is 0.145 e. The van der Waals surface area contributed by atoms with Gasteiger partial charge < -0.3 is 4.42 Å². The predicted molar refractivity (Wildman–Crippen MR) is 75.8 cm³/mol. The molecule has 18 heavy (non-hydrogen) atoms. The second-order valence-corrected chi connectivity index (χ2v) is 5.50. The SMILES string of the molecule is Cc1ccc(C=Nc2ccc(C(C)(C)C)cc2)o1. The molecule has 0 aliphatic rings. The van der Waals surface area contributed by atoms with E-state index in [9.17, 15) is 0 Å². The van der Waals surface area contributed by atoms with Crippen molar-refractivity contribution in [2.45, 2.75) is 33.1 Å². The van der Waals surface area contributed by atoms with E-state index in [1.165, 1.54) is 5.56 Å². The predicted octanol–water partition coefficient (Wildman–Crippen LogP) is 4.64. The highest BCUT2D eigenvalue weighted by Crippen LogP contribution is 2.24. The van der Waals surface area contributed by atoms with E-state index < -0.39 is 0 Å². The summed E-state index contributed by atoms with van der Waals surface area (Å²) in [5.74, 6) is 1.69. The van der Waals surface area contributed by atoms with Crippen LogP contribution in [0.25, 0.3) is 0 Å². The zero-order valence-corrected chi connectivity index (χ0v) is 11.4. The fourth-order valence-electron chi connectivity index (χ4n) is 1.71. The van der Waals surface area contributed by atoms with E-state index in [1.807, 2.05) is 31.2 Å². The Balaban J connectivity index is 2.13. The van der Waals surface area contributed by atoms with Crippen molar-refractivity contribution >= 4 is 11.9 Å². The number of rotatable bonds is 2. The van der Waals surface area contributed by atoms with Crippen LogP contribution in [0.4, 0.5) is 5.69 Å². The van der Waals surface area contributed by atoms with Crippen molar-refractivity contribution in [1.82, 2.24) is 0 Å². The quantitative estimate of drug-likeness (QED) is 0.703. The number of hydrogen-bond donors (Lipinski definition) is 0. The Bertz CT molecular complexity index is 541. The fourth-order valence-corrected chi connectivity index (χ4v) is 1.71. The summed E-state index contributed by atoms with van der Waals surface area (Å²) in [6, 6.07) is 12.2. The molecule has 0 atom stereocenters. The molecule has 0 N–H and O–H groups in total. The standard InChI is InChI=1S/C16H19NO/c1-12-5-10-15(18-12)11-17-14-8-6-13(7-9-14)16(2,3)4/h5-11H,1-4H3. The molecule has 0 saturated heterocycles. The van der Waals surface area contributed by atoms with Gasteiger partial charge in [0.2, 0.25) is 0 Å². The maximum atomic E-state index is 5.43. The molecule has 0 bridgehead atoms. The number of furan rings is 1. The van der Waals surface area contributed by atoms with Gasteiger partial charge in [0.15, 0.2) is 0 Å². The lowest BCUT2D eigenvalue weighted by molar-refractivity contribution is 0.528. The number of benzene rings is 1. The van der Waals surface area contributed by atoms with Gasteiger partial charge in [-0.15, -0.1) is 0 Å². The number of aliphatic imine (C=N–C) groups is 1. The van der Waals surface area contributed by atoms with Crippen molar-refractivity contribution in [3.63, 3.8) is 0 Å². The van der Waals surface area contributed by atoms with Gasteiger partial charge >= 0.3 is 0 Å². The highest BCUT2D eigenvalue weighted by molar-refractivity contribution is 5.78. The van der Waals surface area contributed by atoms with Crippen LogP contribution in [0, 0.1) is 6.92 Å². The van der Waals surface area contributed by atoms with Gasteiger partial charge in [-0.05, 0) is 42.2 Å². The molecule has 1 heterocycles. The molecular weight excluding hydrogens is 222 g/mol. The Morgan fingerprint density at radius 2 is 1.67 bits per heavy atom. The first-order chi connectivity index (χ1) is 8.45. The Morgan fingerprint density at radius 3 is 2.17 bits per heavy atom. The first-order valence-electron chi connectivity index (χ1n) is 6.16. The molecule has 0 amide bonds. The van der Waals surface area contributed by atoms with Gasteiger partial charge in [-0.2, -0.15) is 0 Å². The lowest BCUT2D eigenvalue weighted by atomic mass is 9.87. The summed E-state index contributed by atoms with van der Waals surface area (Å²) in [5.41, 5.74) is 2.44. The zero-order valence-electron chi connectivity index (χ0n) is 11.4. The van der Waals surface area contributed by atoms with Crippen molar-refractivity contribution in [2.24, 2.45) is 4.99 Å². The molecule has 1 aromatic heterocycles. The van der Waals surface area contributed by atoms with Gasteiger partial charge in [-0.25, -0.2) is 0 Å². The monoisotopic (exact) mass is 241 g/mol. The number of aryl methyl sites for hydroxylation is 1. The molecule has 1 aromatic carbocycles. The topological polar surface area (TPSA) is 25.5 Å². The molecule has 0 aliphatic heterocycles. The highest BCUT2D eigenvalue weighted by Gasteiger charge is 2.12. The van der Waals surface area contributed by atoms with Gasteiger partial charge in [0.1, 0.15) is 11.5 Å². The van der Waals surface area contributed by atoms with Crippen LogP contribution in [0.15, 0.2) is 45.8 Å². The molecule has 2 nitrogen and oxygen atoms in total. The lowest BCUT2D eigenvalue weighted by Gasteiger charge is -2.18. The van der Waals surface area contributed by atoms with Crippen molar-refractivity contribution < 1.29 is 4.42 Å². The Morgan fingerprint density at radius 1 is 1.00 bits per heavy atom. The van der Waals surface area contributed by atoms with E-state index in [-0.39, 0.29) is 5.41 Å². The molecule has 2 rings (SSSR count). The minimum absolute atomic E-state index is 0.181. The first kappa shape index (κ1) is 12.6. The second-order valence-electron chi connectivity index (χ2n) is 5.50. The second kappa shape index (κ2) is 4.81. The Labute approximate surface area is 108 Å².